The third kappa shape index (κ3) is 4.11. The molecule has 2 rings (SSSR count). The number of hydrogen-bond acceptors (Lipinski definition) is 2. The summed E-state index contributed by atoms with van der Waals surface area (Å²) in [6, 6.07) is 13.3. The topological polar surface area (TPSA) is 32.3 Å². The third-order valence-corrected chi connectivity index (χ3v) is 5.12. The first-order valence-corrected chi connectivity index (χ1v) is 8.40. The molecule has 0 unspecified atom stereocenters. The summed E-state index contributed by atoms with van der Waals surface area (Å²) in [6.07, 6.45) is -0.609. The van der Waals surface area contributed by atoms with Gasteiger partial charge >= 0.3 is 0 Å². The van der Waals surface area contributed by atoms with Crippen LogP contribution in [0.2, 0.25) is 10.0 Å². The van der Waals surface area contributed by atoms with E-state index in [-0.39, 0.29) is 5.92 Å². The molecule has 2 aromatic rings. The highest BCUT2D eigenvalue weighted by Gasteiger charge is 2.24. The van der Waals surface area contributed by atoms with Crippen LogP contribution in [0.5, 0.6) is 0 Å². The van der Waals surface area contributed by atoms with Gasteiger partial charge in [0.2, 0.25) is 0 Å². The summed E-state index contributed by atoms with van der Waals surface area (Å²) >= 11 is 14.3. The van der Waals surface area contributed by atoms with E-state index in [4.69, 9.17) is 23.2 Å². The van der Waals surface area contributed by atoms with Crippen molar-refractivity contribution >= 4 is 45.8 Å². The van der Waals surface area contributed by atoms with E-state index in [1.165, 1.54) is 0 Å². The van der Waals surface area contributed by atoms with E-state index in [2.05, 4.69) is 27.9 Å². The Labute approximate surface area is 148 Å². The lowest BCUT2D eigenvalue weighted by molar-refractivity contribution is 0.143. The summed E-state index contributed by atoms with van der Waals surface area (Å²) in [5.74, 6) is -0.0966. The smallest absolute Gasteiger partial charge is 0.0880 e. The second kappa shape index (κ2) is 7.79. The molecule has 112 valence electrons. The van der Waals surface area contributed by atoms with Gasteiger partial charge in [-0.15, -0.1) is 0 Å². The number of halogens is 3. The minimum absolute atomic E-state index is 0.0966. The Balaban J connectivity index is 2.38. The van der Waals surface area contributed by atoms with Gasteiger partial charge in [0.25, 0.3) is 0 Å². The fraction of sp³-hybridized carbons (Fsp3) is 0.250. The normalized spacial score (nSPS) is 14.0. The molecule has 2 N–H and O–H groups in total. The molecule has 0 aliphatic heterocycles. The van der Waals surface area contributed by atoms with Crippen molar-refractivity contribution in [2.24, 2.45) is 0 Å². The Hall–Kier alpha value is -0.330. The first-order valence-electron chi connectivity index (χ1n) is 6.56. The standard InChI is InChI=1S/C16H16Cl2INO/c1-20-9-12(10-6-7-13(17)14(18)8-10)16(21)11-4-2-3-5-15(11)19/h2-8,12,16,20-21H,9H2,1H3/t12-,16+/m1/s1. The minimum atomic E-state index is -0.609. The number of nitrogens with one attached hydrogen (secondary N) is 1. The van der Waals surface area contributed by atoms with E-state index in [1.54, 1.807) is 6.07 Å². The summed E-state index contributed by atoms with van der Waals surface area (Å²) in [4.78, 5) is 0. The van der Waals surface area contributed by atoms with Crippen LogP contribution in [-0.4, -0.2) is 18.7 Å². The number of rotatable bonds is 5. The van der Waals surface area contributed by atoms with Gasteiger partial charge in [-0.2, -0.15) is 0 Å². The largest absolute Gasteiger partial charge is 0.388 e. The van der Waals surface area contributed by atoms with E-state index in [9.17, 15) is 5.11 Å². The predicted molar refractivity (Wildman–Crippen MR) is 97.2 cm³/mol. The van der Waals surface area contributed by atoms with Crippen LogP contribution in [0.4, 0.5) is 0 Å². The summed E-state index contributed by atoms with van der Waals surface area (Å²) in [6.45, 7) is 0.643. The van der Waals surface area contributed by atoms with Crippen molar-refractivity contribution < 1.29 is 5.11 Å². The van der Waals surface area contributed by atoms with Crippen molar-refractivity contribution in [3.63, 3.8) is 0 Å². The molecule has 0 saturated heterocycles. The Morgan fingerprint density at radius 3 is 2.48 bits per heavy atom. The fourth-order valence-corrected chi connectivity index (χ4v) is 3.32. The molecule has 0 saturated carbocycles. The highest BCUT2D eigenvalue weighted by Crippen LogP contribution is 2.35. The fourth-order valence-electron chi connectivity index (χ4n) is 2.31. The van der Waals surface area contributed by atoms with Gasteiger partial charge < -0.3 is 10.4 Å². The maximum atomic E-state index is 10.8. The van der Waals surface area contributed by atoms with E-state index in [1.807, 2.05) is 43.4 Å². The monoisotopic (exact) mass is 435 g/mol. The molecule has 2 atom stereocenters. The van der Waals surface area contributed by atoms with Gasteiger partial charge in [0.05, 0.1) is 16.1 Å². The van der Waals surface area contributed by atoms with Crippen LogP contribution in [0.15, 0.2) is 42.5 Å². The van der Waals surface area contributed by atoms with Crippen molar-refractivity contribution in [2.75, 3.05) is 13.6 Å². The zero-order valence-corrected chi connectivity index (χ0v) is 15.2. The molecule has 5 heteroatoms. The third-order valence-electron chi connectivity index (χ3n) is 3.40. The molecule has 0 radical (unpaired) electrons. The molecule has 2 aromatic carbocycles. The quantitative estimate of drug-likeness (QED) is 0.670. The Kier molecular flexibility index (Phi) is 6.32. The highest BCUT2D eigenvalue weighted by molar-refractivity contribution is 14.1. The van der Waals surface area contributed by atoms with Gasteiger partial charge in [0.15, 0.2) is 0 Å². The molecule has 0 aliphatic carbocycles. The van der Waals surface area contributed by atoms with Crippen molar-refractivity contribution in [1.82, 2.24) is 5.32 Å². The molecule has 2 nitrogen and oxygen atoms in total. The summed E-state index contributed by atoms with van der Waals surface area (Å²) in [5.41, 5.74) is 1.88. The Bertz CT molecular complexity index is 621. The second-order valence-corrected chi connectivity index (χ2v) is 6.78. The van der Waals surface area contributed by atoms with Crippen LogP contribution in [0.3, 0.4) is 0 Å². The zero-order valence-electron chi connectivity index (χ0n) is 11.5. The van der Waals surface area contributed by atoms with Gasteiger partial charge in [-0.1, -0.05) is 47.5 Å². The van der Waals surface area contributed by atoms with Gasteiger partial charge in [0, 0.05) is 16.0 Å². The number of aliphatic hydroxyl groups is 1. The minimum Gasteiger partial charge on any atom is -0.388 e. The van der Waals surface area contributed by atoms with Crippen LogP contribution in [-0.2, 0) is 0 Å². The van der Waals surface area contributed by atoms with Crippen molar-refractivity contribution in [1.29, 1.82) is 0 Å². The second-order valence-electron chi connectivity index (χ2n) is 4.80. The average molecular weight is 436 g/mol. The Morgan fingerprint density at radius 1 is 1.14 bits per heavy atom. The SMILES string of the molecule is CNC[C@H](c1ccc(Cl)c(Cl)c1)[C@@H](O)c1ccccc1I. The van der Waals surface area contributed by atoms with Crippen LogP contribution in [0.1, 0.15) is 23.1 Å². The molecule has 0 heterocycles. The molecule has 0 aliphatic rings. The highest BCUT2D eigenvalue weighted by atomic mass is 127. The van der Waals surface area contributed by atoms with Gasteiger partial charge in [-0.25, -0.2) is 0 Å². The maximum absolute atomic E-state index is 10.8. The Morgan fingerprint density at radius 2 is 1.86 bits per heavy atom. The van der Waals surface area contributed by atoms with Gasteiger partial charge in [-0.05, 0) is 59.0 Å². The lowest BCUT2D eigenvalue weighted by atomic mass is 9.89. The summed E-state index contributed by atoms with van der Waals surface area (Å²) < 4.78 is 1.05. The van der Waals surface area contributed by atoms with E-state index >= 15 is 0 Å². The number of hydrogen-bond donors (Lipinski definition) is 2. The number of benzene rings is 2. The number of likely N-dealkylation sites (N-methyl/N-ethyl adjacent to an activating group) is 1. The van der Waals surface area contributed by atoms with Crippen LogP contribution >= 0.6 is 45.8 Å². The molecule has 21 heavy (non-hydrogen) atoms. The van der Waals surface area contributed by atoms with Crippen molar-refractivity contribution in [3.05, 3.63) is 67.2 Å². The molecule has 0 fully saturated rings. The lowest BCUT2D eigenvalue weighted by Gasteiger charge is -2.25. The summed E-state index contributed by atoms with van der Waals surface area (Å²) in [7, 11) is 1.87. The lowest BCUT2D eigenvalue weighted by Crippen LogP contribution is -2.23. The van der Waals surface area contributed by atoms with Crippen LogP contribution in [0.25, 0.3) is 0 Å². The number of aliphatic hydroxyl groups excluding tert-OH is 1. The molecule has 0 bridgehead atoms. The molecular weight excluding hydrogens is 420 g/mol. The van der Waals surface area contributed by atoms with E-state index in [0.29, 0.717) is 16.6 Å². The van der Waals surface area contributed by atoms with E-state index in [0.717, 1.165) is 14.7 Å². The van der Waals surface area contributed by atoms with Crippen molar-refractivity contribution in [2.45, 2.75) is 12.0 Å². The van der Waals surface area contributed by atoms with Gasteiger partial charge in [0.1, 0.15) is 0 Å². The molecule has 0 amide bonds. The summed E-state index contributed by atoms with van der Waals surface area (Å²) in [5, 5.41) is 14.9. The van der Waals surface area contributed by atoms with E-state index < -0.39 is 6.10 Å². The molecule has 0 aromatic heterocycles. The average Bonchev–Trinajstić information content (AvgIpc) is 2.48. The van der Waals surface area contributed by atoms with Gasteiger partial charge in [-0.3, -0.25) is 0 Å². The predicted octanol–water partition coefficient (Wildman–Crippen LogP) is 4.63. The first-order chi connectivity index (χ1) is 10.0. The molecular formula is C16H16Cl2INO. The van der Waals surface area contributed by atoms with Crippen LogP contribution in [0, 0.1) is 3.57 Å². The molecule has 0 spiro atoms. The maximum Gasteiger partial charge on any atom is 0.0880 e. The van der Waals surface area contributed by atoms with Crippen molar-refractivity contribution in [3.8, 4) is 0 Å². The first kappa shape index (κ1) is 17.0. The zero-order chi connectivity index (χ0) is 15.4. The van der Waals surface area contributed by atoms with Crippen LogP contribution < -0.4 is 5.32 Å².